The number of carbonyl (C=O) groups excluding carboxylic acids is 1. The average Bonchev–Trinajstić information content (AvgIpc) is 3.08. The largest absolute Gasteiger partial charge is 0.438 e. The molecular formula is C22H17ClFN5O2. The lowest BCUT2D eigenvalue weighted by Crippen LogP contribution is -2.12. The third-order valence-corrected chi connectivity index (χ3v) is 4.95. The molecule has 2 heterocycles. The number of benzene rings is 2. The lowest BCUT2D eigenvalue weighted by Gasteiger charge is -2.09. The zero-order valence-corrected chi connectivity index (χ0v) is 17.4. The van der Waals surface area contributed by atoms with Gasteiger partial charge in [0, 0.05) is 17.4 Å². The third-order valence-electron chi connectivity index (χ3n) is 4.63. The van der Waals surface area contributed by atoms with E-state index in [9.17, 15) is 9.18 Å². The quantitative estimate of drug-likeness (QED) is 0.468. The average molecular weight is 438 g/mol. The van der Waals surface area contributed by atoms with Gasteiger partial charge in [-0.3, -0.25) is 9.36 Å². The molecule has 7 nitrogen and oxygen atoms in total. The van der Waals surface area contributed by atoms with E-state index in [0.717, 1.165) is 17.5 Å². The number of amides is 1. The maximum atomic E-state index is 13.1. The molecule has 0 aliphatic carbocycles. The Balaban J connectivity index is 1.41. The Hall–Kier alpha value is -3.78. The molecule has 0 bridgehead atoms. The first-order valence-electron chi connectivity index (χ1n) is 9.29. The number of nitrogens with one attached hydrogen (secondary N) is 1. The minimum atomic E-state index is -0.505. The molecule has 1 amide bonds. The number of rotatable bonds is 5. The molecule has 4 rings (SSSR count). The van der Waals surface area contributed by atoms with Crippen LogP contribution >= 0.6 is 11.6 Å². The Morgan fingerprint density at radius 3 is 2.45 bits per heavy atom. The number of ether oxygens (including phenoxy) is 1. The summed E-state index contributed by atoms with van der Waals surface area (Å²) in [6.07, 6.45) is 1.70. The number of hydrogen-bond acceptors (Lipinski definition) is 5. The van der Waals surface area contributed by atoms with E-state index in [1.165, 1.54) is 12.1 Å². The highest BCUT2D eigenvalue weighted by Crippen LogP contribution is 2.23. The Morgan fingerprint density at radius 1 is 1.06 bits per heavy atom. The summed E-state index contributed by atoms with van der Waals surface area (Å²) in [5, 5.41) is 11.0. The van der Waals surface area contributed by atoms with Gasteiger partial charge in [-0.05, 0) is 62.4 Å². The molecule has 0 fully saturated rings. The summed E-state index contributed by atoms with van der Waals surface area (Å²) in [5.41, 5.74) is 2.63. The van der Waals surface area contributed by atoms with Crippen molar-refractivity contribution in [3.8, 4) is 17.4 Å². The lowest BCUT2D eigenvalue weighted by atomic mass is 10.2. The van der Waals surface area contributed by atoms with Crippen LogP contribution in [0.2, 0.25) is 5.02 Å². The van der Waals surface area contributed by atoms with E-state index in [2.05, 4.69) is 20.5 Å². The summed E-state index contributed by atoms with van der Waals surface area (Å²) in [7, 11) is 0. The third kappa shape index (κ3) is 4.54. The Morgan fingerprint density at radius 2 is 1.84 bits per heavy atom. The monoisotopic (exact) mass is 437 g/mol. The summed E-state index contributed by atoms with van der Waals surface area (Å²) in [6.45, 7) is 3.88. The van der Waals surface area contributed by atoms with Crippen LogP contribution in [0.4, 0.5) is 10.1 Å². The summed E-state index contributed by atoms with van der Waals surface area (Å²) < 4.78 is 20.7. The highest BCUT2D eigenvalue weighted by atomic mass is 35.5. The molecule has 9 heteroatoms. The van der Waals surface area contributed by atoms with Crippen LogP contribution < -0.4 is 10.1 Å². The van der Waals surface area contributed by atoms with E-state index in [4.69, 9.17) is 16.3 Å². The fraction of sp³-hybridized carbons (Fsp3) is 0.0909. The smallest absolute Gasteiger partial charge is 0.257 e. The van der Waals surface area contributed by atoms with Crippen LogP contribution in [-0.4, -0.2) is 25.7 Å². The zero-order chi connectivity index (χ0) is 22.0. The van der Waals surface area contributed by atoms with E-state index < -0.39 is 11.7 Å². The number of imidazole rings is 1. The van der Waals surface area contributed by atoms with Crippen LogP contribution in [0.1, 0.15) is 21.7 Å². The molecule has 0 radical (unpaired) electrons. The molecule has 0 aliphatic rings. The topological polar surface area (TPSA) is 81.9 Å². The highest BCUT2D eigenvalue weighted by molar-refractivity contribution is 6.34. The fourth-order valence-corrected chi connectivity index (χ4v) is 3.08. The van der Waals surface area contributed by atoms with Gasteiger partial charge in [0.05, 0.1) is 16.3 Å². The first-order chi connectivity index (χ1) is 14.9. The van der Waals surface area contributed by atoms with Crippen LogP contribution in [0.15, 0.2) is 60.9 Å². The summed E-state index contributed by atoms with van der Waals surface area (Å²) in [6, 6.07) is 13.8. The Labute approximate surface area is 182 Å². The van der Waals surface area contributed by atoms with E-state index in [1.54, 1.807) is 42.7 Å². The van der Waals surface area contributed by atoms with Gasteiger partial charge in [-0.2, -0.15) is 0 Å². The Bertz CT molecular complexity index is 1240. The number of hydrogen-bond donors (Lipinski definition) is 1. The van der Waals surface area contributed by atoms with Crippen molar-refractivity contribution >= 4 is 23.2 Å². The van der Waals surface area contributed by atoms with Crippen molar-refractivity contribution < 1.29 is 13.9 Å². The minimum Gasteiger partial charge on any atom is -0.438 e. The predicted octanol–water partition coefficient (Wildman–Crippen LogP) is 5.12. The summed E-state index contributed by atoms with van der Waals surface area (Å²) in [5.74, 6) is 0.546. The molecule has 0 atom stereocenters. The molecule has 0 saturated heterocycles. The van der Waals surface area contributed by atoms with Crippen molar-refractivity contribution in [2.75, 3.05) is 5.32 Å². The van der Waals surface area contributed by atoms with Gasteiger partial charge in [0.2, 0.25) is 5.88 Å². The molecule has 31 heavy (non-hydrogen) atoms. The van der Waals surface area contributed by atoms with Crippen LogP contribution in [-0.2, 0) is 0 Å². The van der Waals surface area contributed by atoms with E-state index in [1.807, 2.05) is 18.4 Å². The van der Waals surface area contributed by atoms with Gasteiger partial charge in [-0.25, -0.2) is 9.37 Å². The maximum Gasteiger partial charge on any atom is 0.257 e. The van der Waals surface area contributed by atoms with Crippen molar-refractivity contribution in [2.24, 2.45) is 0 Å². The minimum absolute atomic E-state index is 0.0421. The SMILES string of the molecule is Cc1ncn(-c2ccc(Oc3ccc(NC(=O)c4ccc(F)cc4Cl)cc3)nn2)c1C. The number of aromatic nitrogens is 4. The highest BCUT2D eigenvalue weighted by Gasteiger charge is 2.12. The van der Waals surface area contributed by atoms with Gasteiger partial charge in [0.25, 0.3) is 5.91 Å². The second-order valence-electron chi connectivity index (χ2n) is 6.72. The van der Waals surface area contributed by atoms with Gasteiger partial charge >= 0.3 is 0 Å². The first-order valence-corrected chi connectivity index (χ1v) is 9.67. The van der Waals surface area contributed by atoms with E-state index >= 15 is 0 Å². The standard InChI is InChI=1S/C22H17ClFN5O2/c1-13-14(2)29(12-25-13)20-9-10-21(28-27-20)31-17-6-4-16(5-7-17)26-22(30)18-8-3-15(24)11-19(18)23/h3-12H,1-2H3,(H,26,30). The number of aryl methyl sites for hydroxylation is 1. The molecular weight excluding hydrogens is 421 g/mol. The van der Waals surface area contributed by atoms with Crippen molar-refractivity contribution in [1.82, 2.24) is 19.7 Å². The van der Waals surface area contributed by atoms with Crippen LogP contribution in [0.5, 0.6) is 11.6 Å². The second kappa shape index (κ2) is 8.53. The molecule has 4 aromatic rings. The number of carbonyl (C=O) groups is 1. The summed E-state index contributed by atoms with van der Waals surface area (Å²) >= 11 is 5.93. The molecule has 0 aliphatic heterocycles. The zero-order valence-electron chi connectivity index (χ0n) is 16.6. The van der Waals surface area contributed by atoms with Gasteiger partial charge in [0.1, 0.15) is 17.9 Å². The predicted molar refractivity (Wildman–Crippen MR) is 115 cm³/mol. The van der Waals surface area contributed by atoms with Crippen LogP contribution in [0, 0.1) is 19.7 Å². The fourth-order valence-electron chi connectivity index (χ4n) is 2.82. The molecule has 1 N–H and O–H groups in total. The van der Waals surface area contributed by atoms with Crippen molar-refractivity contribution in [2.45, 2.75) is 13.8 Å². The van der Waals surface area contributed by atoms with Crippen LogP contribution in [0.25, 0.3) is 5.82 Å². The molecule has 2 aromatic carbocycles. The van der Waals surface area contributed by atoms with Gasteiger partial charge in [0.15, 0.2) is 5.82 Å². The number of nitrogens with zero attached hydrogens (tertiary/aromatic N) is 4. The Kier molecular flexibility index (Phi) is 5.64. The van der Waals surface area contributed by atoms with E-state index in [-0.39, 0.29) is 10.6 Å². The molecule has 0 spiro atoms. The van der Waals surface area contributed by atoms with Gasteiger partial charge < -0.3 is 10.1 Å². The maximum absolute atomic E-state index is 13.1. The molecule has 0 saturated carbocycles. The first kappa shape index (κ1) is 20.5. The normalized spacial score (nSPS) is 10.7. The molecule has 0 unspecified atom stereocenters. The van der Waals surface area contributed by atoms with Crippen molar-refractivity contribution in [1.29, 1.82) is 0 Å². The number of anilines is 1. The molecule has 2 aromatic heterocycles. The number of halogens is 2. The second-order valence-corrected chi connectivity index (χ2v) is 7.13. The summed E-state index contributed by atoms with van der Waals surface area (Å²) in [4.78, 5) is 16.6. The van der Waals surface area contributed by atoms with E-state index in [0.29, 0.717) is 23.1 Å². The van der Waals surface area contributed by atoms with Gasteiger partial charge in [-0.1, -0.05) is 11.6 Å². The van der Waals surface area contributed by atoms with Crippen molar-refractivity contribution in [3.63, 3.8) is 0 Å². The molecule has 156 valence electrons. The lowest BCUT2D eigenvalue weighted by molar-refractivity contribution is 0.102. The van der Waals surface area contributed by atoms with Crippen LogP contribution in [0.3, 0.4) is 0 Å². The van der Waals surface area contributed by atoms with Crippen molar-refractivity contribution in [3.05, 3.63) is 88.7 Å². The van der Waals surface area contributed by atoms with Gasteiger partial charge in [-0.15, -0.1) is 10.2 Å².